The quantitative estimate of drug-likeness (QED) is 0.817. The van der Waals surface area contributed by atoms with Crippen molar-refractivity contribution in [1.82, 2.24) is 10.3 Å². The molecule has 1 saturated heterocycles. The van der Waals surface area contributed by atoms with Crippen molar-refractivity contribution < 1.29 is 4.74 Å². The highest BCUT2D eigenvalue weighted by molar-refractivity contribution is 7.09. The number of ether oxygens (including phenoxy) is 1. The van der Waals surface area contributed by atoms with Gasteiger partial charge in [0.25, 0.3) is 0 Å². The molecule has 1 fully saturated rings. The van der Waals surface area contributed by atoms with Crippen LogP contribution in [0, 0.1) is 0 Å². The van der Waals surface area contributed by atoms with E-state index in [1.807, 2.05) is 0 Å². The summed E-state index contributed by atoms with van der Waals surface area (Å²) in [6.07, 6.45) is 0. The maximum atomic E-state index is 5.86. The van der Waals surface area contributed by atoms with Crippen LogP contribution >= 0.6 is 11.3 Å². The van der Waals surface area contributed by atoms with Crippen molar-refractivity contribution in [2.24, 2.45) is 0 Å². The number of thiazole rings is 1. The third kappa shape index (κ3) is 2.29. The normalized spacial score (nSPS) is 27.0. The minimum atomic E-state index is -0.244. The molecule has 0 bridgehead atoms. The second-order valence-electron chi connectivity index (χ2n) is 5.54. The van der Waals surface area contributed by atoms with Gasteiger partial charge in [0.1, 0.15) is 10.6 Å². The molecule has 1 aromatic rings. The molecule has 0 radical (unpaired) electrons. The fraction of sp³-hybridized carbons (Fsp3) is 0.750. The molecule has 0 aromatic carbocycles. The third-order valence-corrected chi connectivity index (χ3v) is 3.97. The van der Waals surface area contributed by atoms with E-state index in [1.165, 1.54) is 0 Å². The lowest BCUT2D eigenvalue weighted by Gasteiger charge is -2.32. The van der Waals surface area contributed by atoms with E-state index < -0.39 is 0 Å². The molecule has 2 rings (SSSR count). The first-order valence-electron chi connectivity index (χ1n) is 5.73. The van der Waals surface area contributed by atoms with Gasteiger partial charge in [-0.15, -0.1) is 11.3 Å². The van der Waals surface area contributed by atoms with Crippen LogP contribution in [-0.2, 0) is 15.8 Å². The van der Waals surface area contributed by atoms with E-state index in [1.54, 1.807) is 11.3 Å². The van der Waals surface area contributed by atoms with E-state index in [0.29, 0.717) is 0 Å². The summed E-state index contributed by atoms with van der Waals surface area (Å²) >= 11 is 1.71. The third-order valence-electron chi connectivity index (χ3n) is 2.89. The molecule has 0 aliphatic carbocycles. The Bertz CT molecular complexity index is 361. The molecule has 0 saturated carbocycles. The zero-order chi connectivity index (χ0) is 11.8. The van der Waals surface area contributed by atoms with Crippen LogP contribution in [0.2, 0.25) is 0 Å². The summed E-state index contributed by atoms with van der Waals surface area (Å²) in [6.45, 7) is 11.2. The fourth-order valence-corrected chi connectivity index (χ4v) is 2.89. The number of hydrogen-bond donors (Lipinski definition) is 1. The van der Waals surface area contributed by atoms with Crippen molar-refractivity contribution >= 4 is 11.3 Å². The number of nitrogens with zero attached hydrogens (tertiary/aromatic N) is 1. The maximum absolute atomic E-state index is 5.86. The molecule has 1 atom stereocenters. The number of morpholine rings is 1. The van der Waals surface area contributed by atoms with E-state index in [4.69, 9.17) is 9.72 Å². The standard InChI is InChI=1S/C12H20N2OS/c1-11(2,3)9-7-16-10(14-9)12(4)8-13-5-6-15-12/h7,13H,5-6,8H2,1-4H3. The smallest absolute Gasteiger partial charge is 0.129 e. The average molecular weight is 240 g/mol. The molecular weight excluding hydrogens is 220 g/mol. The Morgan fingerprint density at radius 1 is 1.50 bits per heavy atom. The van der Waals surface area contributed by atoms with E-state index in [-0.39, 0.29) is 11.0 Å². The van der Waals surface area contributed by atoms with Crippen LogP contribution in [0.3, 0.4) is 0 Å². The molecule has 3 nitrogen and oxygen atoms in total. The first-order chi connectivity index (χ1) is 7.42. The van der Waals surface area contributed by atoms with Gasteiger partial charge in [0.15, 0.2) is 0 Å². The largest absolute Gasteiger partial charge is 0.365 e. The van der Waals surface area contributed by atoms with Crippen molar-refractivity contribution in [1.29, 1.82) is 0 Å². The van der Waals surface area contributed by atoms with Gasteiger partial charge in [-0.25, -0.2) is 4.98 Å². The monoisotopic (exact) mass is 240 g/mol. The highest BCUT2D eigenvalue weighted by Crippen LogP contribution is 2.32. The summed E-state index contributed by atoms with van der Waals surface area (Å²) in [5.41, 5.74) is 1.03. The highest BCUT2D eigenvalue weighted by atomic mass is 32.1. The summed E-state index contributed by atoms with van der Waals surface area (Å²) in [7, 11) is 0. The summed E-state index contributed by atoms with van der Waals surface area (Å²) in [5.74, 6) is 0. The van der Waals surface area contributed by atoms with Crippen molar-refractivity contribution in [3.05, 3.63) is 16.1 Å². The molecule has 90 valence electrons. The molecule has 4 heteroatoms. The van der Waals surface area contributed by atoms with Crippen molar-refractivity contribution in [3.63, 3.8) is 0 Å². The van der Waals surface area contributed by atoms with Gasteiger partial charge in [-0.1, -0.05) is 20.8 Å². The molecule has 16 heavy (non-hydrogen) atoms. The van der Waals surface area contributed by atoms with Gasteiger partial charge >= 0.3 is 0 Å². The molecule has 1 N–H and O–H groups in total. The molecule has 0 amide bonds. The lowest BCUT2D eigenvalue weighted by Crippen LogP contribution is -2.45. The first kappa shape index (κ1) is 12.0. The van der Waals surface area contributed by atoms with Gasteiger partial charge in [0.2, 0.25) is 0 Å². The summed E-state index contributed by atoms with van der Waals surface area (Å²) in [5, 5.41) is 6.60. The van der Waals surface area contributed by atoms with Gasteiger partial charge in [-0.05, 0) is 6.92 Å². The Labute approximate surface area is 101 Å². The van der Waals surface area contributed by atoms with Crippen LogP contribution < -0.4 is 5.32 Å². The average Bonchev–Trinajstić information content (AvgIpc) is 2.67. The van der Waals surface area contributed by atoms with Crippen molar-refractivity contribution in [2.75, 3.05) is 19.7 Å². The van der Waals surface area contributed by atoms with Gasteiger partial charge in [0, 0.05) is 23.9 Å². The number of nitrogens with one attached hydrogen (secondary N) is 1. The van der Waals surface area contributed by atoms with Crippen LogP contribution in [0.5, 0.6) is 0 Å². The summed E-state index contributed by atoms with van der Waals surface area (Å²) < 4.78 is 5.86. The summed E-state index contributed by atoms with van der Waals surface area (Å²) in [6, 6.07) is 0. The van der Waals surface area contributed by atoms with Crippen LogP contribution in [-0.4, -0.2) is 24.7 Å². The van der Waals surface area contributed by atoms with Crippen LogP contribution in [0.15, 0.2) is 5.38 Å². The number of hydrogen-bond acceptors (Lipinski definition) is 4. The SMILES string of the molecule is CC(C)(C)c1csc(C2(C)CNCCO2)n1. The van der Waals surface area contributed by atoms with Gasteiger partial charge in [-0.2, -0.15) is 0 Å². The Morgan fingerprint density at radius 2 is 2.25 bits per heavy atom. The predicted molar refractivity (Wildman–Crippen MR) is 67.0 cm³/mol. The lowest BCUT2D eigenvalue weighted by molar-refractivity contribution is -0.0574. The van der Waals surface area contributed by atoms with Crippen LogP contribution in [0.25, 0.3) is 0 Å². The summed E-state index contributed by atoms with van der Waals surface area (Å²) in [4.78, 5) is 4.73. The Hall–Kier alpha value is -0.450. The molecular formula is C12H20N2OS. The van der Waals surface area contributed by atoms with E-state index >= 15 is 0 Å². The molecule has 2 heterocycles. The second-order valence-corrected chi connectivity index (χ2v) is 6.40. The minimum Gasteiger partial charge on any atom is -0.365 e. The second kappa shape index (κ2) is 4.09. The van der Waals surface area contributed by atoms with Crippen LogP contribution in [0.4, 0.5) is 0 Å². The lowest BCUT2D eigenvalue weighted by atomic mass is 9.93. The van der Waals surface area contributed by atoms with E-state index in [0.717, 1.165) is 30.4 Å². The highest BCUT2D eigenvalue weighted by Gasteiger charge is 2.34. The predicted octanol–water partition coefficient (Wildman–Crippen LogP) is 2.28. The first-order valence-corrected chi connectivity index (χ1v) is 6.61. The Kier molecular flexibility index (Phi) is 3.07. The Morgan fingerprint density at radius 3 is 2.75 bits per heavy atom. The zero-order valence-electron chi connectivity index (χ0n) is 10.5. The number of rotatable bonds is 1. The van der Waals surface area contributed by atoms with E-state index in [2.05, 4.69) is 38.4 Å². The van der Waals surface area contributed by atoms with E-state index in [9.17, 15) is 0 Å². The fourth-order valence-electron chi connectivity index (χ4n) is 1.72. The van der Waals surface area contributed by atoms with Crippen LogP contribution in [0.1, 0.15) is 38.4 Å². The molecule has 1 aliphatic heterocycles. The molecule has 1 aromatic heterocycles. The number of aromatic nitrogens is 1. The maximum Gasteiger partial charge on any atom is 0.129 e. The van der Waals surface area contributed by atoms with Crippen molar-refractivity contribution in [2.45, 2.75) is 38.7 Å². The van der Waals surface area contributed by atoms with Crippen molar-refractivity contribution in [3.8, 4) is 0 Å². The molecule has 0 spiro atoms. The minimum absolute atomic E-state index is 0.118. The van der Waals surface area contributed by atoms with Gasteiger partial charge in [0.05, 0.1) is 12.3 Å². The topological polar surface area (TPSA) is 34.1 Å². The van der Waals surface area contributed by atoms with Gasteiger partial charge < -0.3 is 10.1 Å². The zero-order valence-corrected chi connectivity index (χ0v) is 11.3. The molecule has 1 unspecified atom stereocenters. The molecule has 1 aliphatic rings. The van der Waals surface area contributed by atoms with Gasteiger partial charge in [-0.3, -0.25) is 0 Å². The Balaban J connectivity index is 2.24.